The van der Waals surface area contributed by atoms with Gasteiger partial charge in [-0.3, -0.25) is 0 Å². The second kappa shape index (κ2) is 12.1. The molecule has 3 heteroatoms. The molecular formula is C43H29N3. The average Bonchev–Trinajstić information content (AvgIpc) is 3.15. The summed E-state index contributed by atoms with van der Waals surface area (Å²) < 4.78 is 0. The molecule has 0 aliphatic heterocycles. The number of nitrogens with zero attached hydrogens (tertiary/aromatic N) is 3. The molecule has 1 aromatic heterocycles. The van der Waals surface area contributed by atoms with Crippen molar-refractivity contribution in [3.8, 4) is 67.5 Å². The summed E-state index contributed by atoms with van der Waals surface area (Å²) in [5.74, 6) is 1.96. The van der Waals surface area contributed by atoms with Gasteiger partial charge in [-0.25, -0.2) is 15.0 Å². The van der Waals surface area contributed by atoms with Gasteiger partial charge in [0.05, 0.1) is 0 Å². The third-order valence-electron chi connectivity index (χ3n) is 8.32. The molecule has 0 atom stereocenters. The van der Waals surface area contributed by atoms with E-state index in [1.165, 1.54) is 22.3 Å². The summed E-state index contributed by atoms with van der Waals surface area (Å²) in [4.78, 5) is 15.0. The number of fused-ring (bicyclic) bond motifs is 1. The van der Waals surface area contributed by atoms with Crippen LogP contribution in [0.5, 0.6) is 0 Å². The van der Waals surface area contributed by atoms with Crippen molar-refractivity contribution in [3.63, 3.8) is 0 Å². The fourth-order valence-corrected chi connectivity index (χ4v) is 5.96. The Balaban J connectivity index is 1.23. The second-order valence-electron chi connectivity index (χ2n) is 11.3. The summed E-state index contributed by atoms with van der Waals surface area (Å²) in [6, 6.07) is 61.2. The van der Waals surface area contributed by atoms with E-state index in [0.717, 1.165) is 38.6 Å². The molecule has 46 heavy (non-hydrogen) atoms. The van der Waals surface area contributed by atoms with Gasteiger partial charge >= 0.3 is 0 Å². The molecule has 3 nitrogen and oxygen atoms in total. The van der Waals surface area contributed by atoms with Crippen molar-refractivity contribution in [1.29, 1.82) is 0 Å². The lowest BCUT2D eigenvalue weighted by atomic mass is 9.93. The van der Waals surface area contributed by atoms with Crippen molar-refractivity contribution in [1.82, 2.24) is 15.0 Å². The Hall–Kier alpha value is -6.19. The minimum atomic E-state index is 0.645. The smallest absolute Gasteiger partial charge is 0.164 e. The maximum absolute atomic E-state index is 5.04. The molecule has 8 rings (SSSR count). The molecule has 0 amide bonds. The maximum Gasteiger partial charge on any atom is 0.164 e. The number of aromatic nitrogens is 3. The monoisotopic (exact) mass is 587 g/mol. The van der Waals surface area contributed by atoms with Crippen LogP contribution >= 0.6 is 0 Å². The highest BCUT2D eigenvalue weighted by molar-refractivity contribution is 5.95. The zero-order valence-corrected chi connectivity index (χ0v) is 25.1. The van der Waals surface area contributed by atoms with Crippen molar-refractivity contribution in [2.24, 2.45) is 0 Å². The average molecular weight is 588 g/mol. The van der Waals surface area contributed by atoms with E-state index in [9.17, 15) is 0 Å². The summed E-state index contributed by atoms with van der Waals surface area (Å²) in [5.41, 5.74) is 9.92. The highest BCUT2D eigenvalue weighted by Gasteiger charge is 2.15. The van der Waals surface area contributed by atoms with E-state index in [1.54, 1.807) is 0 Å². The van der Waals surface area contributed by atoms with Gasteiger partial charge in [0.25, 0.3) is 0 Å². The van der Waals surface area contributed by atoms with Crippen LogP contribution in [0.3, 0.4) is 0 Å². The molecule has 216 valence electrons. The molecule has 0 bridgehead atoms. The molecule has 0 saturated carbocycles. The van der Waals surface area contributed by atoms with Gasteiger partial charge in [-0.05, 0) is 62.4 Å². The zero-order valence-electron chi connectivity index (χ0n) is 25.1. The van der Waals surface area contributed by atoms with Gasteiger partial charge in [0.2, 0.25) is 0 Å². The summed E-state index contributed by atoms with van der Waals surface area (Å²) >= 11 is 0. The molecule has 0 radical (unpaired) electrons. The van der Waals surface area contributed by atoms with Crippen LogP contribution in [0.4, 0.5) is 0 Å². The van der Waals surface area contributed by atoms with Crippen molar-refractivity contribution >= 4 is 10.8 Å². The Kier molecular flexibility index (Phi) is 7.18. The lowest BCUT2D eigenvalue weighted by Gasteiger charge is -2.12. The predicted octanol–water partition coefficient (Wildman–Crippen LogP) is 11.0. The fraction of sp³-hybridized carbons (Fsp3) is 0. The van der Waals surface area contributed by atoms with Crippen LogP contribution in [0.25, 0.3) is 78.3 Å². The first-order valence-electron chi connectivity index (χ1n) is 15.4. The number of hydrogen-bond acceptors (Lipinski definition) is 3. The first-order valence-corrected chi connectivity index (χ1v) is 15.4. The summed E-state index contributed by atoms with van der Waals surface area (Å²) in [6.45, 7) is 0. The van der Waals surface area contributed by atoms with E-state index in [0.29, 0.717) is 17.5 Å². The third kappa shape index (κ3) is 5.47. The Morgan fingerprint density at radius 1 is 0.261 bits per heavy atom. The van der Waals surface area contributed by atoms with Crippen LogP contribution in [-0.4, -0.2) is 15.0 Å². The van der Waals surface area contributed by atoms with Crippen LogP contribution in [0.1, 0.15) is 0 Å². The van der Waals surface area contributed by atoms with E-state index in [1.807, 2.05) is 30.3 Å². The van der Waals surface area contributed by atoms with Crippen LogP contribution in [0, 0.1) is 0 Å². The summed E-state index contributed by atoms with van der Waals surface area (Å²) in [6.07, 6.45) is 0. The van der Waals surface area contributed by atoms with Crippen molar-refractivity contribution < 1.29 is 0 Å². The second-order valence-corrected chi connectivity index (χ2v) is 11.3. The molecule has 0 unspecified atom stereocenters. The molecule has 0 aliphatic carbocycles. The molecule has 0 N–H and O–H groups in total. The van der Waals surface area contributed by atoms with Gasteiger partial charge in [-0.15, -0.1) is 0 Å². The Bertz CT molecular complexity index is 2220. The SMILES string of the molecule is c1ccc(-c2cc(-c3ccccc3)cc(-c3ccc(-c4nc(-c5ccccc5)nc(-c5cccc6ccccc56)n4)cc3)c2)cc1. The van der Waals surface area contributed by atoms with Crippen LogP contribution < -0.4 is 0 Å². The zero-order chi connectivity index (χ0) is 30.7. The minimum absolute atomic E-state index is 0.645. The number of benzene rings is 7. The minimum Gasteiger partial charge on any atom is -0.208 e. The van der Waals surface area contributed by atoms with E-state index < -0.39 is 0 Å². The van der Waals surface area contributed by atoms with E-state index in [4.69, 9.17) is 15.0 Å². The molecule has 0 saturated heterocycles. The molecule has 1 heterocycles. The largest absolute Gasteiger partial charge is 0.208 e. The quantitative estimate of drug-likeness (QED) is 0.194. The molecular weight excluding hydrogens is 558 g/mol. The van der Waals surface area contributed by atoms with Crippen molar-refractivity contribution in [2.45, 2.75) is 0 Å². The first-order chi connectivity index (χ1) is 22.8. The Morgan fingerprint density at radius 2 is 0.652 bits per heavy atom. The molecule has 0 aliphatic rings. The van der Waals surface area contributed by atoms with Gasteiger partial charge in [-0.2, -0.15) is 0 Å². The van der Waals surface area contributed by atoms with Gasteiger partial charge < -0.3 is 0 Å². The Morgan fingerprint density at radius 3 is 1.22 bits per heavy atom. The molecule has 0 fully saturated rings. The fourth-order valence-electron chi connectivity index (χ4n) is 5.96. The van der Waals surface area contributed by atoms with Crippen LogP contribution in [0.15, 0.2) is 176 Å². The maximum atomic E-state index is 5.04. The first kappa shape index (κ1) is 27.4. The van der Waals surface area contributed by atoms with Crippen LogP contribution in [-0.2, 0) is 0 Å². The van der Waals surface area contributed by atoms with Gasteiger partial charge in [-0.1, -0.05) is 158 Å². The van der Waals surface area contributed by atoms with E-state index in [-0.39, 0.29) is 0 Å². The van der Waals surface area contributed by atoms with Crippen LogP contribution in [0.2, 0.25) is 0 Å². The van der Waals surface area contributed by atoms with E-state index in [2.05, 4.69) is 146 Å². The molecule has 0 spiro atoms. The summed E-state index contributed by atoms with van der Waals surface area (Å²) in [7, 11) is 0. The highest BCUT2D eigenvalue weighted by atomic mass is 15.0. The standard InChI is InChI=1S/C43H29N3/c1-4-13-30(14-5-1)36-27-37(31-15-6-2-7-16-31)29-38(28-36)32-23-25-35(26-24-32)42-44-41(34-18-8-3-9-19-34)45-43(46-42)40-22-12-20-33-17-10-11-21-39(33)40/h1-29H. The molecule has 7 aromatic carbocycles. The van der Waals surface area contributed by atoms with Crippen molar-refractivity contribution in [2.75, 3.05) is 0 Å². The number of rotatable bonds is 6. The van der Waals surface area contributed by atoms with E-state index >= 15 is 0 Å². The topological polar surface area (TPSA) is 38.7 Å². The lowest BCUT2D eigenvalue weighted by Crippen LogP contribution is -2.00. The van der Waals surface area contributed by atoms with Gasteiger partial charge in [0.1, 0.15) is 0 Å². The predicted molar refractivity (Wildman–Crippen MR) is 190 cm³/mol. The highest BCUT2D eigenvalue weighted by Crippen LogP contribution is 2.34. The van der Waals surface area contributed by atoms with Gasteiger partial charge in [0.15, 0.2) is 17.5 Å². The third-order valence-corrected chi connectivity index (χ3v) is 8.32. The van der Waals surface area contributed by atoms with Gasteiger partial charge in [0, 0.05) is 16.7 Å². The lowest BCUT2D eigenvalue weighted by molar-refractivity contribution is 1.08. The summed E-state index contributed by atoms with van der Waals surface area (Å²) in [5, 5.41) is 2.27. The van der Waals surface area contributed by atoms with Crippen molar-refractivity contribution in [3.05, 3.63) is 176 Å². The Labute approximate surface area is 268 Å². The normalized spacial score (nSPS) is 11.0. The molecule has 8 aromatic rings. The number of hydrogen-bond donors (Lipinski definition) is 0.